The molecule has 0 radical (unpaired) electrons. The third kappa shape index (κ3) is 1.85. The predicted octanol–water partition coefficient (Wildman–Crippen LogP) is 3.46. The van der Waals surface area contributed by atoms with Crippen LogP contribution in [0.25, 0.3) is 10.9 Å². The number of halogens is 3. The Morgan fingerprint density at radius 2 is 2.05 bits per heavy atom. The topological polar surface area (TPSA) is 30.9 Å². The lowest BCUT2D eigenvalue weighted by atomic mass is 9.62. The molecule has 0 aliphatic heterocycles. The SMILES string of the molecule is Cn1cc(C2(CN)CC(F)(F)C2)c2ccc(Cl)cc21. The van der Waals surface area contributed by atoms with Crippen LogP contribution >= 0.6 is 11.6 Å². The molecule has 0 spiro atoms. The summed E-state index contributed by atoms with van der Waals surface area (Å²) in [5, 5.41) is 1.61. The molecule has 3 rings (SSSR count). The third-order valence-electron chi connectivity index (χ3n) is 4.11. The molecule has 2 aromatic rings. The fraction of sp³-hybridized carbons (Fsp3) is 0.429. The number of hydrogen-bond donors (Lipinski definition) is 1. The van der Waals surface area contributed by atoms with Crippen molar-refractivity contribution in [2.24, 2.45) is 12.8 Å². The monoisotopic (exact) mass is 284 g/mol. The van der Waals surface area contributed by atoms with Crippen molar-refractivity contribution in [1.29, 1.82) is 0 Å². The van der Waals surface area contributed by atoms with Gasteiger partial charge in [0.25, 0.3) is 0 Å². The molecule has 1 aliphatic rings. The van der Waals surface area contributed by atoms with Crippen molar-refractivity contribution in [3.05, 3.63) is 35.0 Å². The molecule has 0 amide bonds. The average Bonchev–Trinajstić information content (AvgIpc) is 2.63. The lowest BCUT2D eigenvalue weighted by Gasteiger charge is -2.46. The minimum Gasteiger partial charge on any atom is -0.350 e. The number of fused-ring (bicyclic) bond motifs is 1. The zero-order valence-corrected chi connectivity index (χ0v) is 11.3. The number of rotatable bonds is 2. The molecule has 0 atom stereocenters. The van der Waals surface area contributed by atoms with Gasteiger partial charge in [0.2, 0.25) is 5.92 Å². The maximum absolute atomic E-state index is 13.3. The van der Waals surface area contributed by atoms with Gasteiger partial charge in [0, 0.05) is 54.0 Å². The van der Waals surface area contributed by atoms with Crippen molar-refractivity contribution in [1.82, 2.24) is 4.57 Å². The Morgan fingerprint density at radius 3 is 2.63 bits per heavy atom. The van der Waals surface area contributed by atoms with E-state index in [-0.39, 0.29) is 19.4 Å². The van der Waals surface area contributed by atoms with E-state index in [4.69, 9.17) is 17.3 Å². The van der Waals surface area contributed by atoms with Crippen LogP contribution in [0.5, 0.6) is 0 Å². The summed E-state index contributed by atoms with van der Waals surface area (Å²) in [4.78, 5) is 0. The number of aromatic nitrogens is 1. The molecule has 1 aliphatic carbocycles. The van der Waals surface area contributed by atoms with Gasteiger partial charge in [-0.3, -0.25) is 0 Å². The molecule has 1 fully saturated rings. The van der Waals surface area contributed by atoms with Crippen molar-refractivity contribution < 1.29 is 8.78 Å². The number of benzene rings is 1. The zero-order chi connectivity index (χ0) is 13.8. The first kappa shape index (κ1) is 12.9. The van der Waals surface area contributed by atoms with Gasteiger partial charge in [0.1, 0.15) is 0 Å². The van der Waals surface area contributed by atoms with Crippen LogP contribution in [0, 0.1) is 0 Å². The highest BCUT2D eigenvalue weighted by Crippen LogP contribution is 2.54. The number of nitrogens with two attached hydrogens (primary N) is 1. The van der Waals surface area contributed by atoms with Crippen molar-refractivity contribution >= 4 is 22.5 Å². The van der Waals surface area contributed by atoms with Crippen LogP contribution in [0.15, 0.2) is 24.4 Å². The Kier molecular flexibility index (Phi) is 2.67. The van der Waals surface area contributed by atoms with Gasteiger partial charge in [0.05, 0.1) is 0 Å². The van der Waals surface area contributed by atoms with Crippen LogP contribution < -0.4 is 5.73 Å². The normalized spacial score (nSPS) is 20.5. The first-order valence-corrected chi connectivity index (χ1v) is 6.58. The first-order valence-electron chi connectivity index (χ1n) is 6.20. The molecule has 2 N–H and O–H groups in total. The number of nitrogens with zero attached hydrogens (tertiary/aromatic N) is 1. The van der Waals surface area contributed by atoms with Gasteiger partial charge < -0.3 is 10.3 Å². The van der Waals surface area contributed by atoms with Crippen molar-refractivity contribution in [3.63, 3.8) is 0 Å². The van der Waals surface area contributed by atoms with Crippen LogP contribution in [0.1, 0.15) is 18.4 Å². The third-order valence-corrected chi connectivity index (χ3v) is 4.34. The predicted molar refractivity (Wildman–Crippen MR) is 72.8 cm³/mol. The minimum atomic E-state index is -2.59. The maximum atomic E-state index is 13.3. The Labute approximate surface area is 115 Å². The van der Waals surface area contributed by atoms with E-state index in [0.29, 0.717) is 5.02 Å². The molecule has 1 saturated carbocycles. The van der Waals surface area contributed by atoms with Crippen LogP contribution in [-0.4, -0.2) is 17.0 Å². The lowest BCUT2D eigenvalue weighted by Crippen LogP contribution is -2.53. The summed E-state index contributed by atoms with van der Waals surface area (Å²) in [5.41, 5.74) is 7.04. The quantitative estimate of drug-likeness (QED) is 0.899. The van der Waals surface area contributed by atoms with E-state index in [0.717, 1.165) is 16.5 Å². The summed E-state index contributed by atoms with van der Waals surface area (Å²) in [6.45, 7) is 0.240. The molecular formula is C14H15ClF2N2. The Balaban J connectivity index is 2.16. The highest BCUT2D eigenvalue weighted by molar-refractivity contribution is 6.31. The van der Waals surface area contributed by atoms with Gasteiger partial charge in [-0.05, 0) is 17.7 Å². The molecule has 0 saturated heterocycles. The summed E-state index contributed by atoms with van der Waals surface area (Å²) < 4.78 is 28.5. The highest BCUT2D eigenvalue weighted by atomic mass is 35.5. The second kappa shape index (κ2) is 3.93. The van der Waals surface area contributed by atoms with Gasteiger partial charge in [-0.2, -0.15) is 0 Å². The molecule has 1 heterocycles. The maximum Gasteiger partial charge on any atom is 0.250 e. The van der Waals surface area contributed by atoms with Gasteiger partial charge in [0.15, 0.2) is 0 Å². The van der Waals surface area contributed by atoms with E-state index in [1.165, 1.54) is 0 Å². The second-order valence-electron chi connectivity index (χ2n) is 5.51. The summed E-state index contributed by atoms with van der Waals surface area (Å²) in [6, 6.07) is 5.52. The molecule has 1 aromatic carbocycles. The Bertz CT molecular complexity index is 640. The highest BCUT2D eigenvalue weighted by Gasteiger charge is 2.57. The standard InChI is InChI=1S/C14H15ClF2N2/c1-19-5-11(10-3-2-9(15)4-12(10)19)13(8-18)6-14(16,17)7-13/h2-5H,6-8,18H2,1H3. The fourth-order valence-electron chi connectivity index (χ4n) is 3.16. The molecule has 5 heteroatoms. The van der Waals surface area contributed by atoms with E-state index in [9.17, 15) is 8.78 Å². The van der Waals surface area contributed by atoms with Gasteiger partial charge in [-0.1, -0.05) is 17.7 Å². The summed E-state index contributed by atoms with van der Waals surface area (Å²) >= 11 is 5.98. The van der Waals surface area contributed by atoms with E-state index in [2.05, 4.69) is 0 Å². The van der Waals surface area contributed by atoms with Crippen molar-refractivity contribution in [2.45, 2.75) is 24.2 Å². The van der Waals surface area contributed by atoms with Crippen LogP contribution in [-0.2, 0) is 12.5 Å². The molecule has 0 unspecified atom stereocenters. The van der Waals surface area contributed by atoms with E-state index in [1.54, 1.807) is 6.07 Å². The van der Waals surface area contributed by atoms with Gasteiger partial charge in [-0.25, -0.2) is 8.78 Å². The van der Waals surface area contributed by atoms with Crippen molar-refractivity contribution in [3.8, 4) is 0 Å². The first-order chi connectivity index (χ1) is 8.87. The van der Waals surface area contributed by atoms with Crippen molar-refractivity contribution in [2.75, 3.05) is 6.54 Å². The fourth-order valence-corrected chi connectivity index (χ4v) is 3.33. The summed E-state index contributed by atoms with van der Waals surface area (Å²) in [5.74, 6) is -2.59. The molecular weight excluding hydrogens is 270 g/mol. The lowest BCUT2D eigenvalue weighted by molar-refractivity contribution is -0.123. The molecule has 102 valence electrons. The molecule has 1 aromatic heterocycles. The smallest absolute Gasteiger partial charge is 0.250 e. The minimum absolute atomic E-state index is 0.168. The van der Waals surface area contributed by atoms with Gasteiger partial charge >= 0.3 is 0 Å². The average molecular weight is 285 g/mol. The number of hydrogen-bond acceptors (Lipinski definition) is 1. The Morgan fingerprint density at radius 1 is 1.37 bits per heavy atom. The van der Waals surface area contributed by atoms with E-state index >= 15 is 0 Å². The van der Waals surface area contributed by atoms with Crippen LogP contribution in [0.2, 0.25) is 5.02 Å². The zero-order valence-electron chi connectivity index (χ0n) is 10.6. The molecule has 0 bridgehead atoms. The Hall–Kier alpha value is -1.13. The molecule has 19 heavy (non-hydrogen) atoms. The van der Waals surface area contributed by atoms with E-state index in [1.807, 2.05) is 29.9 Å². The van der Waals surface area contributed by atoms with Gasteiger partial charge in [-0.15, -0.1) is 0 Å². The number of aryl methyl sites for hydroxylation is 1. The largest absolute Gasteiger partial charge is 0.350 e. The van der Waals surface area contributed by atoms with Crippen LogP contribution in [0.3, 0.4) is 0 Å². The summed E-state index contributed by atoms with van der Waals surface area (Å²) in [7, 11) is 1.89. The second-order valence-corrected chi connectivity index (χ2v) is 5.95. The molecule has 2 nitrogen and oxygen atoms in total. The number of alkyl halides is 2. The summed E-state index contributed by atoms with van der Waals surface area (Å²) in [6.07, 6.45) is 1.57. The van der Waals surface area contributed by atoms with Crippen LogP contribution in [0.4, 0.5) is 8.78 Å². The van der Waals surface area contributed by atoms with E-state index < -0.39 is 11.3 Å².